The van der Waals surface area contributed by atoms with Gasteiger partial charge >= 0.3 is 272 Å². The van der Waals surface area contributed by atoms with E-state index in [-0.39, 0.29) is 53.7 Å². The van der Waals surface area contributed by atoms with Crippen LogP contribution in [0, 0.1) is 0 Å². The van der Waals surface area contributed by atoms with Crippen molar-refractivity contribution in [3.8, 4) is 23.0 Å². The third kappa shape index (κ3) is 8.34. The van der Waals surface area contributed by atoms with E-state index in [0.717, 1.165) is 40.7 Å². The molecule has 240 valence electrons. The van der Waals surface area contributed by atoms with E-state index >= 15 is 0 Å². The molecule has 4 rings (SSSR count). The Kier molecular flexibility index (Phi) is 12.6. The van der Waals surface area contributed by atoms with E-state index in [1.807, 2.05) is 36.4 Å². The number of carbonyl (C=O) groups excluding carboxylic acids is 4. The molecular weight excluding hydrogens is 718 g/mol. The Morgan fingerprint density at radius 2 is 1.09 bits per heavy atom. The summed E-state index contributed by atoms with van der Waals surface area (Å²) < 4.78 is 27.1. The molecule has 2 aromatic carbocycles. The average Bonchev–Trinajstić information content (AvgIpc) is 3.64. The molecule has 0 aliphatic rings. The molecule has 2 atom stereocenters. The van der Waals surface area contributed by atoms with Crippen LogP contribution in [0.4, 0.5) is 0 Å². The Morgan fingerprint density at radius 1 is 0.667 bits per heavy atom. The van der Waals surface area contributed by atoms with Crippen molar-refractivity contribution >= 4 is 72.7 Å². The monoisotopic (exact) mass is 754 g/mol. The zero-order valence-electron chi connectivity index (χ0n) is 25.2. The number of hydrogen-bond acceptors (Lipinski definition) is 10. The molecule has 0 bridgehead atoms. The molecule has 45 heavy (non-hydrogen) atoms. The Morgan fingerprint density at radius 3 is 1.44 bits per heavy atom. The van der Waals surface area contributed by atoms with E-state index in [2.05, 4.69) is 11.0 Å². The first kappa shape index (κ1) is 34.2. The Hall–Kier alpha value is -3.64. The fourth-order valence-electron chi connectivity index (χ4n) is 4.69. The van der Waals surface area contributed by atoms with Gasteiger partial charge in [0.1, 0.15) is 0 Å². The van der Waals surface area contributed by atoms with Crippen molar-refractivity contribution in [2.24, 2.45) is 0 Å². The van der Waals surface area contributed by atoms with Gasteiger partial charge in [-0.2, -0.15) is 0 Å². The average molecular weight is 753 g/mol. The van der Waals surface area contributed by atoms with Crippen LogP contribution in [0.5, 0.6) is 23.0 Å². The third-order valence-electron chi connectivity index (χ3n) is 6.84. The number of hydrogen-bond donors (Lipinski definition) is 2. The molecule has 2 heterocycles. The molecule has 0 radical (unpaired) electrons. The van der Waals surface area contributed by atoms with E-state index in [9.17, 15) is 19.2 Å². The van der Waals surface area contributed by atoms with Crippen LogP contribution in [0.25, 0.3) is 19.3 Å². The predicted octanol–water partition coefficient (Wildman–Crippen LogP) is 2.67. The van der Waals surface area contributed by atoms with Crippen molar-refractivity contribution in [3.05, 3.63) is 45.3 Å². The van der Waals surface area contributed by atoms with Crippen LogP contribution in [0.2, 0.25) is 0 Å². The van der Waals surface area contributed by atoms with Crippen LogP contribution in [0.15, 0.2) is 36.4 Å². The number of nitrogens with one attached hydrogen (secondary N) is 2. The van der Waals surface area contributed by atoms with Gasteiger partial charge in [-0.25, -0.2) is 0 Å². The first-order valence-corrected chi connectivity index (χ1v) is 17.3. The molecular formula is C31H34N2O10Se2. The summed E-state index contributed by atoms with van der Waals surface area (Å²) in [5.74, 6) is 0.369. The van der Waals surface area contributed by atoms with E-state index in [4.69, 9.17) is 28.6 Å². The van der Waals surface area contributed by atoms with Gasteiger partial charge in [0.25, 0.3) is 0 Å². The summed E-state index contributed by atoms with van der Waals surface area (Å²) in [6.45, 7) is 0.701. The molecule has 0 spiro atoms. The molecule has 2 N–H and O–H groups in total. The number of hydroxylamine groups is 2. The Labute approximate surface area is 271 Å². The van der Waals surface area contributed by atoms with Crippen LogP contribution >= 0.6 is 0 Å². The summed E-state index contributed by atoms with van der Waals surface area (Å²) in [6.07, 6.45) is 2.17. The normalized spacial score (nSPS) is 12.4. The number of fused-ring (bicyclic) bond motifs is 2. The molecule has 0 fully saturated rings. The number of benzene rings is 2. The van der Waals surface area contributed by atoms with Crippen LogP contribution in [-0.2, 0) is 28.9 Å². The van der Waals surface area contributed by atoms with Gasteiger partial charge in [-0.3, -0.25) is 0 Å². The van der Waals surface area contributed by atoms with E-state index in [0.29, 0.717) is 42.6 Å². The van der Waals surface area contributed by atoms with Gasteiger partial charge in [0.15, 0.2) is 0 Å². The van der Waals surface area contributed by atoms with Crippen molar-refractivity contribution in [2.45, 2.75) is 31.1 Å². The van der Waals surface area contributed by atoms with Crippen molar-refractivity contribution in [1.29, 1.82) is 0 Å². The number of rotatable bonds is 18. The molecule has 0 saturated heterocycles. The minimum absolute atomic E-state index is 0.0663. The molecule has 2 unspecified atom stereocenters. The second kappa shape index (κ2) is 16.6. The van der Waals surface area contributed by atoms with Crippen molar-refractivity contribution in [2.75, 3.05) is 41.7 Å². The minimum atomic E-state index is -0.602. The van der Waals surface area contributed by atoms with Gasteiger partial charge < -0.3 is 0 Å². The van der Waals surface area contributed by atoms with Gasteiger partial charge in [-0.05, 0) is 0 Å². The maximum absolute atomic E-state index is 12.4. The summed E-state index contributed by atoms with van der Waals surface area (Å²) in [5, 5.41) is 1.84. The SMILES string of the molecule is CONC(=O)C(CC=O)c1cc2cc(OCCCOc3cc4cc(C(CC=O)C(=O)NOC)[se]c4cc3OC)c(OC)cc2[se]1. The molecule has 2 amide bonds. The van der Waals surface area contributed by atoms with Crippen LogP contribution < -0.4 is 29.9 Å². The van der Waals surface area contributed by atoms with E-state index in [1.54, 1.807) is 14.2 Å². The summed E-state index contributed by atoms with van der Waals surface area (Å²) in [5.41, 5.74) is 4.66. The number of ether oxygens (including phenoxy) is 4. The van der Waals surface area contributed by atoms with Crippen molar-refractivity contribution in [3.63, 3.8) is 0 Å². The molecule has 4 aromatic rings. The third-order valence-corrected chi connectivity index (χ3v) is 11.9. The first-order chi connectivity index (χ1) is 21.9. The van der Waals surface area contributed by atoms with E-state index in [1.165, 1.54) is 14.2 Å². The summed E-state index contributed by atoms with van der Waals surface area (Å²) in [6, 6.07) is 11.5. The molecule has 0 saturated carbocycles. The fourth-order valence-corrected chi connectivity index (χ4v) is 9.67. The number of methoxy groups -OCH3 is 2. The molecule has 0 aliphatic heterocycles. The predicted molar refractivity (Wildman–Crippen MR) is 168 cm³/mol. The number of carbonyl (C=O) groups is 4. The quantitative estimate of drug-likeness (QED) is 0.0674. The van der Waals surface area contributed by atoms with Crippen molar-refractivity contribution in [1.82, 2.24) is 11.0 Å². The van der Waals surface area contributed by atoms with Crippen LogP contribution in [0.3, 0.4) is 0 Å². The Bertz CT molecular complexity index is 1530. The topological polar surface area (TPSA) is 148 Å². The second-order valence-corrected chi connectivity index (χ2v) is 14.4. The van der Waals surface area contributed by atoms with Gasteiger partial charge in [0.05, 0.1) is 0 Å². The number of aldehydes is 2. The summed E-state index contributed by atoms with van der Waals surface area (Å²) in [4.78, 5) is 56.9. The van der Waals surface area contributed by atoms with Gasteiger partial charge in [-0.1, -0.05) is 0 Å². The Balaban J connectivity index is 1.42. The summed E-state index contributed by atoms with van der Waals surface area (Å²) in [7, 11) is 5.85. The van der Waals surface area contributed by atoms with Gasteiger partial charge in [0, 0.05) is 0 Å². The van der Waals surface area contributed by atoms with Gasteiger partial charge in [-0.15, -0.1) is 0 Å². The van der Waals surface area contributed by atoms with Gasteiger partial charge in [0.2, 0.25) is 0 Å². The fraction of sp³-hybridized carbons (Fsp3) is 0.355. The molecule has 0 aliphatic carbocycles. The standard InChI is InChI=1S/C31H34N2O10Se2/c1-38-22-16-26-18(14-28(44-26)20(6-8-34)30(36)32-40-3)12-24(22)42-10-5-11-43-25-13-19-15-29(45-27(19)17-23(25)39-2)21(7-9-35)31(37)33-41-4/h8-9,12-17,20-21H,5-7,10-11H2,1-4H3,(H,32,36)(H,33,37). The first-order valence-electron chi connectivity index (χ1n) is 13.9. The molecule has 12 nitrogen and oxygen atoms in total. The van der Waals surface area contributed by atoms with Crippen LogP contribution in [-0.4, -0.2) is 95.0 Å². The zero-order chi connectivity index (χ0) is 32.3. The van der Waals surface area contributed by atoms with E-state index < -0.39 is 11.8 Å². The molecule has 2 aromatic heterocycles. The second-order valence-electron chi connectivity index (χ2n) is 9.68. The molecule has 14 heteroatoms. The zero-order valence-corrected chi connectivity index (χ0v) is 28.6. The van der Waals surface area contributed by atoms with Crippen LogP contribution in [0.1, 0.15) is 40.0 Å². The summed E-state index contributed by atoms with van der Waals surface area (Å²) >= 11 is -0.322. The van der Waals surface area contributed by atoms with Crippen molar-refractivity contribution < 1.29 is 47.8 Å². The number of amides is 2. The maximum atomic E-state index is 12.4.